The van der Waals surface area contributed by atoms with Crippen molar-refractivity contribution in [3.63, 3.8) is 0 Å². The van der Waals surface area contributed by atoms with E-state index >= 15 is 0 Å². The predicted molar refractivity (Wildman–Crippen MR) is 176 cm³/mol. The normalized spacial score (nSPS) is 11.9. The average Bonchev–Trinajstić information content (AvgIpc) is 3.40. The number of carbonyl (C=O) groups is 1. The Morgan fingerprint density at radius 2 is 1.60 bits per heavy atom. The summed E-state index contributed by atoms with van der Waals surface area (Å²) in [7, 11) is -2.31. The van der Waals surface area contributed by atoms with E-state index in [4.69, 9.17) is 9.47 Å². The van der Waals surface area contributed by atoms with E-state index in [1.165, 1.54) is 0 Å². The van der Waals surface area contributed by atoms with E-state index in [0.717, 1.165) is 43.2 Å². The van der Waals surface area contributed by atoms with E-state index in [-0.39, 0.29) is 11.4 Å². The maximum absolute atomic E-state index is 13.7. The van der Waals surface area contributed by atoms with Crippen molar-refractivity contribution in [1.82, 2.24) is 14.2 Å². The number of rotatable bonds is 7. The Kier molecular flexibility index (Phi) is 8.46. The summed E-state index contributed by atoms with van der Waals surface area (Å²) in [6.45, 7) is 13.3. The fraction of sp³-hybridized carbons (Fsp3) is 0.286. The summed E-state index contributed by atoms with van der Waals surface area (Å²) < 4.78 is 39.6. The van der Waals surface area contributed by atoms with Crippen LogP contribution in [0.1, 0.15) is 48.7 Å². The van der Waals surface area contributed by atoms with Crippen LogP contribution in [0.15, 0.2) is 78.0 Å². The molecule has 2 aromatic heterocycles. The third kappa shape index (κ3) is 6.56. The number of ether oxygens (including phenoxy) is 2. The Hall–Kier alpha value is -4.70. The maximum atomic E-state index is 13.7. The van der Waals surface area contributed by atoms with Crippen molar-refractivity contribution in [2.45, 2.75) is 65.5 Å². The van der Waals surface area contributed by atoms with E-state index in [1.54, 1.807) is 54.7 Å². The molecule has 0 fully saturated rings. The van der Waals surface area contributed by atoms with Crippen LogP contribution in [0.25, 0.3) is 22.0 Å². The quantitative estimate of drug-likeness (QED) is 0.184. The molecule has 9 nitrogen and oxygen atoms in total. The first-order valence-electron chi connectivity index (χ1n) is 14.6. The largest absolute Gasteiger partial charge is 0.496 e. The fourth-order valence-corrected chi connectivity index (χ4v) is 6.49. The van der Waals surface area contributed by atoms with Crippen LogP contribution in [0.2, 0.25) is 0 Å². The molecular weight excluding hydrogens is 588 g/mol. The second kappa shape index (κ2) is 12.0. The molecule has 0 atom stereocenters. The number of nitrogens with zero attached hydrogens (tertiary/aromatic N) is 4. The molecule has 0 saturated carbocycles. The van der Waals surface area contributed by atoms with Gasteiger partial charge >= 0.3 is 6.09 Å². The Morgan fingerprint density at radius 3 is 2.27 bits per heavy atom. The summed E-state index contributed by atoms with van der Waals surface area (Å²) in [5, 5.41) is 4.93. The lowest BCUT2D eigenvalue weighted by atomic mass is 10.0. The SMILES string of the molecule is COc1c(C)cnc(CN(C(=O)OC(C)(C)C)c2cc(C)cc(-c3ccc4cnn(S(=O)(=O)c5ccc(C)cc5)c4c3)c2)c1C. The second-order valence-electron chi connectivity index (χ2n) is 12.2. The van der Waals surface area contributed by atoms with Crippen molar-refractivity contribution in [2.75, 3.05) is 12.0 Å². The lowest BCUT2D eigenvalue weighted by molar-refractivity contribution is 0.0577. The number of fused-ring (bicyclic) bond motifs is 1. The van der Waals surface area contributed by atoms with Crippen molar-refractivity contribution in [1.29, 1.82) is 0 Å². The number of aryl methyl sites for hydroxylation is 3. The van der Waals surface area contributed by atoms with Crippen LogP contribution in [0, 0.1) is 27.7 Å². The van der Waals surface area contributed by atoms with Gasteiger partial charge in [0.2, 0.25) is 0 Å². The fourth-order valence-electron chi connectivity index (χ4n) is 5.22. The number of aromatic nitrogens is 3. The number of hydrogen-bond donors (Lipinski definition) is 0. The molecular formula is C35H38N4O5S. The third-order valence-corrected chi connectivity index (χ3v) is 9.08. The summed E-state index contributed by atoms with van der Waals surface area (Å²) in [6.07, 6.45) is 2.76. The van der Waals surface area contributed by atoms with Gasteiger partial charge < -0.3 is 9.47 Å². The van der Waals surface area contributed by atoms with Gasteiger partial charge in [-0.2, -0.15) is 17.6 Å². The second-order valence-corrected chi connectivity index (χ2v) is 14.0. The predicted octanol–water partition coefficient (Wildman–Crippen LogP) is 7.52. The molecule has 0 spiro atoms. The molecule has 0 aliphatic heterocycles. The van der Waals surface area contributed by atoms with Crippen LogP contribution in [-0.2, 0) is 21.3 Å². The zero-order chi connectivity index (χ0) is 32.7. The molecule has 234 valence electrons. The van der Waals surface area contributed by atoms with Crippen molar-refractivity contribution in [2.24, 2.45) is 0 Å². The highest BCUT2D eigenvalue weighted by Gasteiger charge is 2.26. The minimum absolute atomic E-state index is 0.154. The van der Waals surface area contributed by atoms with E-state index in [2.05, 4.69) is 10.1 Å². The first-order chi connectivity index (χ1) is 21.2. The van der Waals surface area contributed by atoms with Crippen LogP contribution in [-0.4, -0.2) is 41.4 Å². The van der Waals surface area contributed by atoms with Crippen LogP contribution >= 0.6 is 0 Å². The molecule has 10 heteroatoms. The lowest BCUT2D eigenvalue weighted by Gasteiger charge is -2.28. The molecule has 0 aliphatic rings. The van der Waals surface area contributed by atoms with Gasteiger partial charge in [-0.1, -0.05) is 35.9 Å². The highest BCUT2D eigenvalue weighted by atomic mass is 32.2. The minimum Gasteiger partial charge on any atom is -0.496 e. The molecule has 1 amide bonds. The molecule has 5 rings (SSSR count). The number of benzene rings is 3. The van der Waals surface area contributed by atoms with Gasteiger partial charge in [-0.25, -0.2) is 4.79 Å². The zero-order valence-corrected chi connectivity index (χ0v) is 27.7. The van der Waals surface area contributed by atoms with Gasteiger partial charge in [-0.15, -0.1) is 0 Å². The van der Waals surface area contributed by atoms with E-state index < -0.39 is 21.7 Å². The molecule has 45 heavy (non-hydrogen) atoms. The number of pyridine rings is 1. The molecule has 0 N–H and O–H groups in total. The Morgan fingerprint density at radius 1 is 0.889 bits per heavy atom. The Labute approximate surface area is 264 Å². The average molecular weight is 627 g/mol. The summed E-state index contributed by atoms with van der Waals surface area (Å²) in [5.41, 5.74) is 6.20. The number of hydrogen-bond acceptors (Lipinski definition) is 7. The topological polar surface area (TPSA) is 104 Å². The molecule has 0 aliphatic carbocycles. The van der Waals surface area contributed by atoms with E-state index in [9.17, 15) is 13.2 Å². The minimum atomic E-state index is -3.93. The van der Waals surface area contributed by atoms with Gasteiger partial charge in [0.05, 0.1) is 36.0 Å². The molecule has 0 bridgehead atoms. The molecule has 0 radical (unpaired) electrons. The Balaban J connectivity index is 1.60. The van der Waals surface area contributed by atoms with Gasteiger partial charge in [0.1, 0.15) is 11.4 Å². The summed E-state index contributed by atoms with van der Waals surface area (Å²) >= 11 is 0. The zero-order valence-electron chi connectivity index (χ0n) is 26.9. The summed E-state index contributed by atoms with van der Waals surface area (Å²) in [4.78, 5) is 20.0. The van der Waals surface area contributed by atoms with Crippen molar-refractivity contribution in [3.05, 3.63) is 101 Å². The number of anilines is 1. The highest BCUT2D eigenvalue weighted by molar-refractivity contribution is 7.90. The maximum Gasteiger partial charge on any atom is 0.415 e. The van der Waals surface area contributed by atoms with E-state index in [0.29, 0.717) is 22.3 Å². The van der Waals surface area contributed by atoms with Gasteiger partial charge in [0, 0.05) is 28.4 Å². The highest BCUT2D eigenvalue weighted by Crippen LogP contribution is 2.33. The molecule has 3 aromatic carbocycles. The van der Waals surface area contributed by atoms with Crippen LogP contribution < -0.4 is 9.64 Å². The Bertz CT molecular complexity index is 2010. The standard InChI is InChI=1S/C35H38N4O5S/c1-22-9-13-30(14-10-22)45(41,42)39-32-18-26(11-12-27(32)20-37-39)28-15-23(2)16-29(17-28)38(34(40)44-35(5,6)7)21-31-25(4)33(43-8)24(3)19-36-31/h9-20H,21H2,1-8H3. The van der Waals surface area contributed by atoms with Crippen molar-refractivity contribution < 1.29 is 22.7 Å². The van der Waals surface area contributed by atoms with Gasteiger partial charge in [0.25, 0.3) is 10.0 Å². The summed E-state index contributed by atoms with van der Waals surface area (Å²) in [6, 6.07) is 18.1. The first kappa shape index (κ1) is 31.7. The van der Waals surface area contributed by atoms with Gasteiger partial charge in [-0.05, 0) is 95.5 Å². The molecule has 0 unspecified atom stereocenters. The van der Waals surface area contributed by atoms with E-state index in [1.807, 2.05) is 78.8 Å². The first-order valence-corrected chi connectivity index (χ1v) is 16.0. The molecule has 2 heterocycles. The smallest absolute Gasteiger partial charge is 0.415 e. The van der Waals surface area contributed by atoms with Crippen LogP contribution in [0.5, 0.6) is 5.75 Å². The van der Waals surface area contributed by atoms with Crippen molar-refractivity contribution in [3.8, 4) is 16.9 Å². The number of carbonyl (C=O) groups excluding carboxylic acids is 1. The van der Waals surface area contributed by atoms with Crippen LogP contribution in [0.4, 0.5) is 10.5 Å². The van der Waals surface area contributed by atoms with Gasteiger partial charge in [0.15, 0.2) is 0 Å². The summed E-state index contributed by atoms with van der Waals surface area (Å²) in [5.74, 6) is 0.722. The van der Waals surface area contributed by atoms with Crippen LogP contribution in [0.3, 0.4) is 0 Å². The third-order valence-electron chi connectivity index (χ3n) is 7.46. The number of amides is 1. The van der Waals surface area contributed by atoms with Crippen molar-refractivity contribution >= 4 is 32.7 Å². The lowest BCUT2D eigenvalue weighted by Crippen LogP contribution is -2.37. The van der Waals surface area contributed by atoms with Gasteiger partial charge in [-0.3, -0.25) is 9.88 Å². The molecule has 5 aromatic rings. The number of methoxy groups -OCH3 is 1. The monoisotopic (exact) mass is 626 g/mol. The molecule has 0 saturated heterocycles.